The molecule has 1 saturated carbocycles. The summed E-state index contributed by atoms with van der Waals surface area (Å²) in [6.07, 6.45) is 5.71. The molecule has 1 aromatic heterocycles. The Hall–Kier alpha value is -2.37. The zero-order valence-electron chi connectivity index (χ0n) is 23.1. The molecule has 0 radical (unpaired) electrons. The van der Waals surface area contributed by atoms with Gasteiger partial charge < -0.3 is 14.7 Å². The number of carboxylic acid groups (broad SMARTS) is 1. The van der Waals surface area contributed by atoms with E-state index in [-0.39, 0.29) is 33.7 Å². The van der Waals surface area contributed by atoms with E-state index in [1.807, 2.05) is 20.8 Å². The maximum atomic E-state index is 14.3. The van der Waals surface area contributed by atoms with Crippen molar-refractivity contribution >= 4 is 34.8 Å². The van der Waals surface area contributed by atoms with Crippen LogP contribution in [0.2, 0.25) is 0 Å². The number of thiophene rings is 1. The standard InChI is InChI=1S/C29H42N2O5S/c1-7-20-10-12-21(13-11-20)26(32)31(24(19(2)36-6)27(33)30-16-8-9-17-30)23-18-22(14-15-29(3,4)5)37-25(23)28(34)35/h18-21,24H,7-13,16-17H2,1-6H3,(H,34,35)/t19-,20?,21?,24+/m1/s1. The SMILES string of the molecule is CCC1CCC(C(=O)N(c2cc(C#CC(C)(C)C)sc2C(=O)O)[C@H](C(=O)N2CCCC2)[C@@H](C)OC)CC1. The van der Waals surface area contributed by atoms with Gasteiger partial charge in [-0.1, -0.05) is 25.2 Å². The van der Waals surface area contributed by atoms with Crippen molar-refractivity contribution in [2.75, 3.05) is 25.1 Å². The molecule has 1 aliphatic heterocycles. The van der Waals surface area contributed by atoms with Crippen molar-refractivity contribution in [3.8, 4) is 11.8 Å². The van der Waals surface area contributed by atoms with Gasteiger partial charge in [-0.3, -0.25) is 14.5 Å². The van der Waals surface area contributed by atoms with Crippen molar-refractivity contribution < 1.29 is 24.2 Å². The highest BCUT2D eigenvalue weighted by atomic mass is 32.1. The van der Waals surface area contributed by atoms with Crippen LogP contribution in [0.4, 0.5) is 5.69 Å². The van der Waals surface area contributed by atoms with Crippen molar-refractivity contribution in [1.29, 1.82) is 0 Å². The Morgan fingerprint density at radius 2 is 1.81 bits per heavy atom. The van der Waals surface area contributed by atoms with Gasteiger partial charge in [0.15, 0.2) is 0 Å². The van der Waals surface area contributed by atoms with E-state index in [2.05, 4.69) is 18.8 Å². The number of nitrogens with zero attached hydrogens (tertiary/aromatic N) is 2. The van der Waals surface area contributed by atoms with Crippen LogP contribution in [0, 0.1) is 29.1 Å². The van der Waals surface area contributed by atoms with Gasteiger partial charge >= 0.3 is 5.97 Å². The molecule has 2 amide bonds. The molecule has 0 spiro atoms. The number of methoxy groups -OCH3 is 1. The molecule has 2 atom stereocenters. The fourth-order valence-electron chi connectivity index (χ4n) is 5.22. The highest BCUT2D eigenvalue weighted by molar-refractivity contribution is 7.15. The zero-order valence-corrected chi connectivity index (χ0v) is 24.0. The number of carboxylic acids is 1. The summed E-state index contributed by atoms with van der Waals surface area (Å²) in [7, 11) is 1.52. The maximum Gasteiger partial charge on any atom is 0.348 e. The fourth-order valence-corrected chi connectivity index (χ4v) is 6.06. The van der Waals surface area contributed by atoms with E-state index >= 15 is 0 Å². The zero-order chi connectivity index (χ0) is 27.3. The number of hydrogen-bond donors (Lipinski definition) is 1. The van der Waals surface area contributed by atoms with Gasteiger partial charge in [-0.2, -0.15) is 0 Å². The molecule has 1 saturated heterocycles. The first-order valence-electron chi connectivity index (χ1n) is 13.5. The topological polar surface area (TPSA) is 87.2 Å². The summed E-state index contributed by atoms with van der Waals surface area (Å²) in [4.78, 5) is 44.4. The molecule has 1 aliphatic carbocycles. The number of hydrogen-bond acceptors (Lipinski definition) is 5. The van der Waals surface area contributed by atoms with Gasteiger partial charge in [0.2, 0.25) is 11.8 Å². The summed E-state index contributed by atoms with van der Waals surface area (Å²) < 4.78 is 5.65. The number of likely N-dealkylation sites (tertiary alicyclic amines) is 1. The van der Waals surface area contributed by atoms with Crippen LogP contribution in [-0.4, -0.2) is 60.1 Å². The molecule has 1 aromatic rings. The first-order valence-corrected chi connectivity index (χ1v) is 14.3. The molecule has 3 rings (SSSR count). The first-order chi connectivity index (χ1) is 17.5. The lowest BCUT2D eigenvalue weighted by Gasteiger charge is -2.39. The van der Waals surface area contributed by atoms with E-state index in [1.165, 1.54) is 12.0 Å². The second-order valence-corrected chi connectivity index (χ2v) is 12.4. The van der Waals surface area contributed by atoms with E-state index in [0.717, 1.165) is 56.3 Å². The molecule has 0 unspecified atom stereocenters. The Kier molecular flexibility index (Phi) is 9.82. The van der Waals surface area contributed by atoms with Gasteiger partial charge in [0.1, 0.15) is 10.9 Å². The number of rotatable bonds is 8. The van der Waals surface area contributed by atoms with Crippen LogP contribution in [0.1, 0.15) is 94.1 Å². The van der Waals surface area contributed by atoms with Crippen molar-refractivity contribution in [1.82, 2.24) is 4.90 Å². The number of amides is 2. The molecule has 204 valence electrons. The first kappa shape index (κ1) is 29.2. The quantitative estimate of drug-likeness (QED) is 0.454. The molecule has 8 heteroatoms. The lowest BCUT2D eigenvalue weighted by atomic mass is 9.80. The molecule has 1 N–H and O–H groups in total. The minimum Gasteiger partial charge on any atom is -0.477 e. The Balaban J connectivity index is 2.13. The van der Waals surface area contributed by atoms with Crippen molar-refractivity contribution in [3.63, 3.8) is 0 Å². The lowest BCUT2D eigenvalue weighted by Crippen LogP contribution is -2.57. The van der Waals surface area contributed by atoms with Crippen molar-refractivity contribution in [2.45, 2.75) is 91.7 Å². The second kappa shape index (κ2) is 12.4. The number of anilines is 1. The van der Waals surface area contributed by atoms with Gasteiger partial charge in [-0.05, 0) is 78.2 Å². The summed E-state index contributed by atoms with van der Waals surface area (Å²) in [5.74, 6) is 5.09. The highest BCUT2D eigenvalue weighted by Crippen LogP contribution is 2.38. The third kappa shape index (κ3) is 7.14. The van der Waals surface area contributed by atoms with E-state index in [1.54, 1.807) is 17.9 Å². The Bertz CT molecular complexity index is 1030. The molecule has 0 bridgehead atoms. The molecule has 7 nitrogen and oxygen atoms in total. The summed E-state index contributed by atoms with van der Waals surface area (Å²) in [6.45, 7) is 11.2. The van der Waals surface area contributed by atoms with Gasteiger partial charge in [-0.15, -0.1) is 11.3 Å². The molecule has 0 aromatic carbocycles. The summed E-state index contributed by atoms with van der Waals surface area (Å²) in [5, 5.41) is 10.1. The molecule has 2 aliphatic rings. The Morgan fingerprint density at radius 3 is 2.32 bits per heavy atom. The minimum atomic E-state index is -1.13. The maximum absolute atomic E-state index is 14.3. The smallest absolute Gasteiger partial charge is 0.348 e. The van der Waals surface area contributed by atoms with Crippen LogP contribution in [0.15, 0.2) is 6.07 Å². The number of carbonyl (C=O) groups is 3. The Labute approximate surface area is 225 Å². The molecular weight excluding hydrogens is 488 g/mol. The number of carbonyl (C=O) groups excluding carboxylic acids is 2. The summed E-state index contributed by atoms with van der Waals surface area (Å²) in [6, 6.07) is 0.727. The molecule has 2 heterocycles. The molecule has 2 fully saturated rings. The van der Waals surface area contributed by atoms with Gasteiger partial charge in [0.05, 0.1) is 16.7 Å². The van der Waals surface area contributed by atoms with Crippen molar-refractivity contribution in [2.24, 2.45) is 17.3 Å². The normalized spacial score (nSPS) is 21.6. The van der Waals surface area contributed by atoms with E-state index in [4.69, 9.17) is 4.74 Å². The highest BCUT2D eigenvalue weighted by Gasteiger charge is 2.43. The monoisotopic (exact) mass is 530 g/mol. The van der Waals surface area contributed by atoms with Gasteiger partial charge in [-0.25, -0.2) is 4.79 Å². The largest absolute Gasteiger partial charge is 0.477 e. The average molecular weight is 531 g/mol. The lowest BCUT2D eigenvalue weighted by molar-refractivity contribution is -0.138. The second-order valence-electron chi connectivity index (χ2n) is 11.4. The Morgan fingerprint density at radius 1 is 1.19 bits per heavy atom. The average Bonchev–Trinajstić information content (AvgIpc) is 3.55. The number of aromatic carboxylic acids is 1. The summed E-state index contributed by atoms with van der Waals surface area (Å²) >= 11 is 1.05. The van der Waals surface area contributed by atoms with E-state index in [9.17, 15) is 19.5 Å². The predicted octanol–water partition coefficient (Wildman–Crippen LogP) is 5.42. The minimum absolute atomic E-state index is 0.0244. The van der Waals surface area contributed by atoms with Crippen LogP contribution in [-0.2, 0) is 14.3 Å². The van der Waals surface area contributed by atoms with Crippen LogP contribution < -0.4 is 4.90 Å². The van der Waals surface area contributed by atoms with Crippen LogP contribution in [0.25, 0.3) is 0 Å². The van der Waals surface area contributed by atoms with Crippen LogP contribution in [0.5, 0.6) is 0 Å². The van der Waals surface area contributed by atoms with Crippen LogP contribution in [0.3, 0.4) is 0 Å². The third-order valence-corrected chi connectivity index (χ3v) is 8.53. The number of ether oxygens (including phenoxy) is 1. The fraction of sp³-hybridized carbons (Fsp3) is 0.690. The summed E-state index contributed by atoms with van der Waals surface area (Å²) in [5.41, 5.74) is -0.0143. The molecular formula is C29H42N2O5S. The third-order valence-electron chi connectivity index (χ3n) is 7.50. The van der Waals surface area contributed by atoms with Gasteiger partial charge in [0, 0.05) is 31.5 Å². The predicted molar refractivity (Wildman–Crippen MR) is 147 cm³/mol. The molecule has 37 heavy (non-hydrogen) atoms. The van der Waals surface area contributed by atoms with E-state index in [0.29, 0.717) is 23.9 Å². The van der Waals surface area contributed by atoms with Gasteiger partial charge in [0.25, 0.3) is 0 Å². The van der Waals surface area contributed by atoms with E-state index < -0.39 is 18.1 Å². The van der Waals surface area contributed by atoms with Crippen LogP contribution >= 0.6 is 11.3 Å². The van der Waals surface area contributed by atoms with Crippen molar-refractivity contribution in [3.05, 3.63) is 15.8 Å².